The predicted octanol–water partition coefficient (Wildman–Crippen LogP) is 6.16. The van der Waals surface area contributed by atoms with Crippen molar-refractivity contribution in [2.75, 3.05) is 20.1 Å². The summed E-state index contributed by atoms with van der Waals surface area (Å²) in [6.07, 6.45) is 3.36. The standard InChI is InChI=1S/C32H42N4O3/c1-21(2)34(6)19-23-15-25-18-33-30(37)29(25)26(16-23)28-17-24-14-22(20-35-12-8-7-9-13-35)10-11-27(24)36(28)31(38)39-32(3,4)5/h10-11,14-17,21H,7-9,12-13,18-20H2,1-6H3,(H,33,37). The second-order valence-corrected chi connectivity index (χ2v) is 12.4. The number of amides is 1. The highest BCUT2D eigenvalue weighted by atomic mass is 16.6. The predicted molar refractivity (Wildman–Crippen MR) is 156 cm³/mol. The van der Waals surface area contributed by atoms with Crippen LogP contribution in [0.3, 0.4) is 0 Å². The van der Waals surface area contributed by atoms with Crippen molar-refractivity contribution in [3.63, 3.8) is 0 Å². The van der Waals surface area contributed by atoms with Gasteiger partial charge >= 0.3 is 6.09 Å². The van der Waals surface area contributed by atoms with Gasteiger partial charge in [-0.25, -0.2) is 9.36 Å². The Bertz CT molecular complexity index is 1390. The first-order valence-corrected chi connectivity index (χ1v) is 14.2. The normalized spacial score (nSPS) is 16.3. The highest BCUT2D eigenvalue weighted by Crippen LogP contribution is 2.36. The van der Waals surface area contributed by atoms with Crippen molar-refractivity contribution in [2.24, 2.45) is 0 Å². The van der Waals surface area contributed by atoms with Crippen LogP contribution in [-0.4, -0.2) is 58.1 Å². The summed E-state index contributed by atoms with van der Waals surface area (Å²) in [5.74, 6) is -0.101. The maximum Gasteiger partial charge on any atom is 0.419 e. The highest BCUT2D eigenvalue weighted by Gasteiger charge is 2.29. The summed E-state index contributed by atoms with van der Waals surface area (Å²) in [4.78, 5) is 31.5. The first kappa shape index (κ1) is 27.4. The molecule has 7 heteroatoms. The minimum Gasteiger partial charge on any atom is -0.443 e. The molecule has 0 bridgehead atoms. The van der Waals surface area contributed by atoms with Crippen LogP contribution < -0.4 is 5.32 Å². The Hall–Kier alpha value is -3.16. The number of aromatic nitrogens is 1. The van der Waals surface area contributed by atoms with E-state index in [-0.39, 0.29) is 5.91 Å². The lowest BCUT2D eigenvalue weighted by Crippen LogP contribution is -2.29. The second kappa shape index (κ2) is 10.8. The number of likely N-dealkylation sites (tertiary alicyclic amines) is 1. The molecule has 7 nitrogen and oxygen atoms in total. The molecule has 2 aliphatic rings. The highest BCUT2D eigenvalue weighted by molar-refractivity contribution is 6.07. The molecule has 1 N–H and O–H groups in total. The van der Waals surface area contributed by atoms with Gasteiger partial charge in [-0.05, 0) is 109 Å². The molecule has 0 aliphatic carbocycles. The lowest BCUT2D eigenvalue weighted by molar-refractivity contribution is 0.0547. The molecular formula is C32H42N4O3. The van der Waals surface area contributed by atoms with Crippen LogP contribution in [0.1, 0.15) is 80.9 Å². The number of hydrogen-bond acceptors (Lipinski definition) is 5. The van der Waals surface area contributed by atoms with Gasteiger partial charge in [0.15, 0.2) is 0 Å². The van der Waals surface area contributed by atoms with Crippen LogP contribution in [0.5, 0.6) is 0 Å². The molecule has 3 aromatic rings. The molecular weight excluding hydrogens is 488 g/mol. The van der Waals surface area contributed by atoms with Gasteiger partial charge in [0.2, 0.25) is 0 Å². The van der Waals surface area contributed by atoms with Crippen LogP contribution in [0.4, 0.5) is 4.79 Å². The van der Waals surface area contributed by atoms with Gasteiger partial charge in [-0.15, -0.1) is 0 Å². The molecule has 1 fully saturated rings. The summed E-state index contributed by atoms with van der Waals surface area (Å²) >= 11 is 0. The van der Waals surface area contributed by atoms with Crippen LogP contribution in [0.25, 0.3) is 22.2 Å². The van der Waals surface area contributed by atoms with Gasteiger partial charge in [0.1, 0.15) is 5.60 Å². The Morgan fingerprint density at radius 1 is 1.05 bits per heavy atom. The monoisotopic (exact) mass is 530 g/mol. The van der Waals surface area contributed by atoms with E-state index in [1.807, 2.05) is 26.8 Å². The van der Waals surface area contributed by atoms with E-state index in [0.29, 0.717) is 23.8 Å². The molecule has 2 aliphatic heterocycles. The number of piperidine rings is 1. The zero-order valence-corrected chi connectivity index (χ0v) is 24.3. The van der Waals surface area contributed by atoms with E-state index >= 15 is 0 Å². The average molecular weight is 531 g/mol. The van der Waals surface area contributed by atoms with Gasteiger partial charge in [-0.3, -0.25) is 14.6 Å². The lowest BCUT2D eigenvalue weighted by atomic mass is 9.96. The number of ether oxygens (including phenoxy) is 1. The van der Waals surface area contributed by atoms with Gasteiger partial charge < -0.3 is 10.1 Å². The Morgan fingerprint density at radius 3 is 2.49 bits per heavy atom. The molecule has 0 saturated carbocycles. The summed E-state index contributed by atoms with van der Waals surface area (Å²) < 4.78 is 7.54. The number of benzene rings is 2. The topological polar surface area (TPSA) is 66.8 Å². The Morgan fingerprint density at radius 2 is 1.79 bits per heavy atom. The van der Waals surface area contributed by atoms with E-state index in [9.17, 15) is 9.59 Å². The number of nitrogens with zero attached hydrogens (tertiary/aromatic N) is 3. The molecule has 0 radical (unpaired) electrons. The van der Waals surface area contributed by atoms with Crippen molar-refractivity contribution >= 4 is 22.9 Å². The third kappa shape index (κ3) is 5.89. The van der Waals surface area contributed by atoms with Crippen molar-refractivity contribution in [3.05, 3.63) is 58.7 Å². The molecule has 1 saturated heterocycles. The minimum atomic E-state index is -0.652. The quantitative estimate of drug-likeness (QED) is 0.413. The Labute approximate surface area is 232 Å². The number of carbonyl (C=O) groups excluding carboxylic acids is 2. The van der Waals surface area contributed by atoms with Gasteiger partial charge in [0, 0.05) is 36.6 Å². The molecule has 1 aromatic heterocycles. The molecule has 5 rings (SSSR count). The third-order valence-corrected chi connectivity index (χ3v) is 7.83. The summed E-state index contributed by atoms with van der Waals surface area (Å²) in [6.45, 7) is 14.4. The van der Waals surface area contributed by atoms with Crippen molar-refractivity contribution in [1.29, 1.82) is 0 Å². The molecule has 2 aromatic carbocycles. The molecule has 0 spiro atoms. The fourth-order valence-electron chi connectivity index (χ4n) is 5.64. The molecule has 1 amide bonds. The number of hydrogen-bond donors (Lipinski definition) is 1. The van der Waals surface area contributed by atoms with Crippen LogP contribution in [-0.2, 0) is 24.4 Å². The fraction of sp³-hybridized carbons (Fsp3) is 0.500. The van der Waals surface area contributed by atoms with Gasteiger partial charge in [-0.2, -0.15) is 0 Å². The van der Waals surface area contributed by atoms with Gasteiger partial charge in [-0.1, -0.05) is 18.6 Å². The van der Waals surface area contributed by atoms with Crippen LogP contribution in [0.15, 0.2) is 36.4 Å². The van der Waals surface area contributed by atoms with Gasteiger partial charge in [0.05, 0.1) is 16.8 Å². The van der Waals surface area contributed by atoms with Crippen molar-refractivity contribution in [1.82, 2.24) is 19.7 Å². The van der Waals surface area contributed by atoms with Crippen LogP contribution in [0, 0.1) is 0 Å². The second-order valence-electron chi connectivity index (χ2n) is 12.4. The SMILES string of the molecule is CC(C)N(C)Cc1cc2c(c(-c3cc4cc(CN5CCCCC5)ccc4n3C(=O)OC(C)(C)C)c1)C(=O)NC2. The zero-order chi connectivity index (χ0) is 27.9. The summed E-state index contributed by atoms with van der Waals surface area (Å²) in [6, 6.07) is 13.0. The Balaban J connectivity index is 1.65. The number of carbonyl (C=O) groups is 2. The molecule has 3 heterocycles. The molecule has 0 atom stereocenters. The largest absolute Gasteiger partial charge is 0.443 e. The van der Waals surface area contributed by atoms with E-state index in [0.717, 1.165) is 53.8 Å². The summed E-state index contributed by atoms with van der Waals surface area (Å²) in [7, 11) is 2.10. The number of rotatable bonds is 6. The lowest BCUT2D eigenvalue weighted by Gasteiger charge is -2.26. The molecule has 0 unspecified atom stereocenters. The summed E-state index contributed by atoms with van der Waals surface area (Å²) in [5, 5.41) is 3.96. The van der Waals surface area contributed by atoms with Crippen molar-refractivity contribution in [2.45, 2.75) is 85.2 Å². The summed E-state index contributed by atoms with van der Waals surface area (Å²) in [5.41, 5.74) is 5.56. The Kier molecular flexibility index (Phi) is 7.57. The van der Waals surface area contributed by atoms with E-state index in [2.05, 4.69) is 66.3 Å². The maximum absolute atomic E-state index is 13.7. The van der Waals surface area contributed by atoms with Crippen molar-refractivity contribution in [3.8, 4) is 11.3 Å². The van der Waals surface area contributed by atoms with E-state index in [4.69, 9.17) is 4.74 Å². The first-order chi connectivity index (χ1) is 18.5. The van der Waals surface area contributed by atoms with Crippen molar-refractivity contribution < 1.29 is 14.3 Å². The van der Waals surface area contributed by atoms with E-state index < -0.39 is 11.7 Å². The molecule has 39 heavy (non-hydrogen) atoms. The third-order valence-electron chi connectivity index (χ3n) is 7.83. The van der Waals surface area contributed by atoms with Crippen LogP contribution in [0.2, 0.25) is 0 Å². The fourth-order valence-corrected chi connectivity index (χ4v) is 5.64. The first-order valence-electron chi connectivity index (χ1n) is 14.2. The van der Waals surface area contributed by atoms with Crippen LogP contribution >= 0.6 is 0 Å². The number of nitrogens with one attached hydrogen (secondary N) is 1. The zero-order valence-electron chi connectivity index (χ0n) is 24.3. The minimum absolute atomic E-state index is 0.101. The number of fused-ring (bicyclic) bond motifs is 2. The molecule has 208 valence electrons. The van der Waals surface area contributed by atoms with Gasteiger partial charge in [0.25, 0.3) is 5.91 Å². The maximum atomic E-state index is 13.7. The average Bonchev–Trinajstić information content (AvgIpc) is 3.43. The van der Waals surface area contributed by atoms with E-state index in [1.165, 1.54) is 24.8 Å². The smallest absolute Gasteiger partial charge is 0.419 e. The van der Waals surface area contributed by atoms with E-state index in [1.54, 1.807) is 4.57 Å².